The van der Waals surface area contributed by atoms with Crippen LogP contribution in [0.1, 0.15) is 23.6 Å². The van der Waals surface area contributed by atoms with Crippen molar-refractivity contribution >= 4 is 11.4 Å². The van der Waals surface area contributed by atoms with Crippen LogP contribution in [0.4, 0.5) is 5.69 Å². The van der Waals surface area contributed by atoms with Crippen molar-refractivity contribution < 1.29 is 4.57 Å². The van der Waals surface area contributed by atoms with Crippen LogP contribution in [-0.4, -0.2) is 5.71 Å². The predicted molar refractivity (Wildman–Crippen MR) is 123 cm³/mol. The van der Waals surface area contributed by atoms with Gasteiger partial charge in [-0.3, -0.25) is 5.01 Å². The van der Waals surface area contributed by atoms with Crippen LogP contribution >= 0.6 is 0 Å². The summed E-state index contributed by atoms with van der Waals surface area (Å²) in [5.41, 5.74) is 5.68. The Morgan fingerprint density at radius 2 is 1.33 bits per heavy atom. The lowest BCUT2D eigenvalue weighted by Crippen LogP contribution is -2.34. The maximum Gasteiger partial charge on any atom is 0.178 e. The van der Waals surface area contributed by atoms with Crippen molar-refractivity contribution in [2.24, 2.45) is 5.10 Å². The Labute approximate surface area is 178 Å². The molecule has 0 spiro atoms. The van der Waals surface area contributed by atoms with Gasteiger partial charge in [-0.05, 0) is 30.7 Å². The summed E-state index contributed by atoms with van der Waals surface area (Å²) in [6.45, 7) is 3.64. The lowest BCUT2D eigenvalue weighted by Gasteiger charge is -2.20. The van der Waals surface area contributed by atoms with Gasteiger partial charge in [0.1, 0.15) is 0 Å². The number of aromatic nitrogens is 1. The van der Waals surface area contributed by atoms with Gasteiger partial charge in [0.25, 0.3) is 0 Å². The van der Waals surface area contributed by atoms with Crippen LogP contribution in [0.2, 0.25) is 0 Å². The summed E-state index contributed by atoms with van der Waals surface area (Å²) in [4.78, 5) is 0. The fourth-order valence-corrected chi connectivity index (χ4v) is 3.41. The first-order valence-corrected chi connectivity index (χ1v) is 10.2. The second kappa shape index (κ2) is 9.66. The van der Waals surface area contributed by atoms with Gasteiger partial charge < -0.3 is 0 Å². The summed E-state index contributed by atoms with van der Waals surface area (Å²) in [6.07, 6.45) is 4.26. The number of anilines is 1. The fraction of sp³-hybridized carbons (Fsp3) is 0.111. The zero-order valence-corrected chi connectivity index (χ0v) is 17.2. The van der Waals surface area contributed by atoms with Crippen LogP contribution in [0.3, 0.4) is 0 Å². The Hall–Kier alpha value is -3.72. The molecule has 148 valence electrons. The molecule has 0 amide bonds. The topological polar surface area (TPSA) is 19.5 Å². The van der Waals surface area contributed by atoms with Gasteiger partial charge in [0.05, 0.1) is 23.5 Å². The van der Waals surface area contributed by atoms with Crippen molar-refractivity contribution in [3.8, 4) is 0 Å². The molecule has 0 bridgehead atoms. The molecule has 0 aliphatic rings. The first kappa shape index (κ1) is 19.6. The Kier molecular flexibility index (Phi) is 6.31. The lowest BCUT2D eigenvalue weighted by atomic mass is 10.2. The van der Waals surface area contributed by atoms with Gasteiger partial charge in [0.15, 0.2) is 18.9 Å². The molecule has 0 unspecified atom stereocenters. The van der Waals surface area contributed by atoms with E-state index in [1.54, 1.807) is 0 Å². The minimum absolute atomic E-state index is 0.721. The van der Waals surface area contributed by atoms with E-state index in [9.17, 15) is 0 Å². The Morgan fingerprint density at radius 3 is 2.00 bits per heavy atom. The quantitative estimate of drug-likeness (QED) is 0.232. The Morgan fingerprint density at radius 1 is 0.733 bits per heavy atom. The van der Waals surface area contributed by atoms with Crippen LogP contribution in [0.5, 0.6) is 0 Å². The second-order valence-electron chi connectivity index (χ2n) is 7.31. The molecule has 0 saturated carbocycles. The van der Waals surface area contributed by atoms with Crippen LogP contribution in [0.15, 0.2) is 121 Å². The molecule has 1 heterocycles. The van der Waals surface area contributed by atoms with Gasteiger partial charge in [-0.2, -0.15) is 5.10 Å². The molecule has 3 nitrogen and oxygen atoms in total. The van der Waals surface area contributed by atoms with Gasteiger partial charge in [-0.1, -0.05) is 78.9 Å². The third-order valence-electron chi connectivity index (χ3n) is 4.98. The van der Waals surface area contributed by atoms with Gasteiger partial charge >= 0.3 is 0 Å². The third-order valence-corrected chi connectivity index (χ3v) is 4.98. The predicted octanol–water partition coefficient (Wildman–Crippen LogP) is 5.45. The second-order valence-corrected chi connectivity index (χ2v) is 7.31. The number of pyridine rings is 1. The number of rotatable bonds is 7. The normalized spacial score (nSPS) is 11.3. The Balaban J connectivity index is 1.61. The summed E-state index contributed by atoms with van der Waals surface area (Å²) in [5, 5.41) is 7.07. The zero-order valence-electron chi connectivity index (χ0n) is 17.2. The standard InChI is InChI=1S/C27H26N3/c1-23(26-16-11-19-29(22-26)20-24-12-5-2-6-13-24)28-30(27-17-9-4-10-18-27)21-25-14-7-3-8-15-25/h2-19,22H,20-21H2,1H3/q+1. The van der Waals surface area contributed by atoms with E-state index in [4.69, 9.17) is 5.10 Å². The molecule has 4 rings (SSSR count). The highest BCUT2D eigenvalue weighted by Crippen LogP contribution is 2.18. The average molecular weight is 393 g/mol. The molecule has 30 heavy (non-hydrogen) atoms. The number of hydrogen-bond donors (Lipinski definition) is 0. The van der Waals surface area contributed by atoms with Gasteiger partial charge in [0.2, 0.25) is 0 Å². The summed E-state index contributed by atoms with van der Waals surface area (Å²) in [5.74, 6) is 0. The maximum atomic E-state index is 5.00. The number of hydrogen-bond acceptors (Lipinski definition) is 2. The first-order valence-electron chi connectivity index (χ1n) is 10.2. The highest BCUT2D eigenvalue weighted by Gasteiger charge is 2.10. The SMILES string of the molecule is CC(=NN(Cc1ccccc1)c1ccccc1)c1ccc[n+](Cc2ccccc2)c1. The molecule has 0 aliphatic carbocycles. The highest BCUT2D eigenvalue weighted by atomic mass is 15.5. The van der Waals surface area contributed by atoms with Crippen molar-refractivity contribution in [1.82, 2.24) is 0 Å². The molecule has 1 aromatic heterocycles. The smallest absolute Gasteiger partial charge is 0.178 e. The molecule has 0 aliphatic heterocycles. The molecule has 0 radical (unpaired) electrons. The van der Waals surface area contributed by atoms with Crippen molar-refractivity contribution in [1.29, 1.82) is 0 Å². The minimum Gasteiger partial charge on any atom is -0.261 e. The molecule has 0 fully saturated rings. The van der Waals surface area contributed by atoms with E-state index in [0.29, 0.717) is 0 Å². The van der Waals surface area contributed by atoms with E-state index in [2.05, 4.69) is 114 Å². The van der Waals surface area contributed by atoms with Crippen LogP contribution in [-0.2, 0) is 13.1 Å². The van der Waals surface area contributed by atoms with Crippen molar-refractivity contribution in [3.63, 3.8) is 0 Å². The van der Waals surface area contributed by atoms with Crippen LogP contribution < -0.4 is 9.58 Å². The van der Waals surface area contributed by atoms with Crippen molar-refractivity contribution in [2.75, 3.05) is 5.01 Å². The molecule has 0 saturated heterocycles. The summed E-state index contributed by atoms with van der Waals surface area (Å²) in [7, 11) is 0. The van der Waals surface area contributed by atoms with E-state index < -0.39 is 0 Å². The molecular formula is C27H26N3+. The largest absolute Gasteiger partial charge is 0.261 e. The van der Waals surface area contributed by atoms with Gasteiger partial charge in [0, 0.05) is 11.6 Å². The summed E-state index contributed by atoms with van der Waals surface area (Å²) < 4.78 is 2.20. The maximum absolute atomic E-state index is 5.00. The van der Waals surface area contributed by atoms with Crippen molar-refractivity contribution in [2.45, 2.75) is 20.0 Å². The van der Waals surface area contributed by atoms with Crippen LogP contribution in [0.25, 0.3) is 0 Å². The molecule has 0 N–H and O–H groups in total. The number of hydrazone groups is 1. The van der Waals surface area contributed by atoms with E-state index >= 15 is 0 Å². The van der Waals surface area contributed by atoms with E-state index in [1.807, 2.05) is 18.2 Å². The minimum atomic E-state index is 0.721. The first-order chi connectivity index (χ1) is 14.8. The molecule has 3 heteroatoms. The number of benzene rings is 3. The number of nitrogens with zero attached hydrogens (tertiary/aromatic N) is 3. The third kappa shape index (κ3) is 5.21. The van der Waals surface area contributed by atoms with E-state index in [0.717, 1.165) is 30.1 Å². The summed E-state index contributed by atoms with van der Waals surface area (Å²) >= 11 is 0. The average Bonchev–Trinajstić information content (AvgIpc) is 2.81. The van der Waals surface area contributed by atoms with Gasteiger partial charge in [-0.25, -0.2) is 4.57 Å². The zero-order chi connectivity index (χ0) is 20.6. The lowest BCUT2D eigenvalue weighted by molar-refractivity contribution is -0.688. The molecular weight excluding hydrogens is 366 g/mol. The van der Waals surface area contributed by atoms with Gasteiger partial charge in [-0.15, -0.1) is 0 Å². The highest BCUT2D eigenvalue weighted by molar-refractivity contribution is 5.98. The van der Waals surface area contributed by atoms with Crippen molar-refractivity contribution in [3.05, 3.63) is 132 Å². The molecule has 3 aromatic carbocycles. The monoisotopic (exact) mass is 392 g/mol. The summed E-state index contributed by atoms with van der Waals surface area (Å²) in [6, 6.07) is 35.5. The number of para-hydroxylation sites is 1. The van der Waals surface area contributed by atoms with E-state index in [-0.39, 0.29) is 0 Å². The molecule has 4 aromatic rings. The van der Waals surface area contributed by atoms with Crippen LogP contribution in [0, 0.1) is 0 Å². The fourth-order valence-electron chi connectivity index (χ4n) is 3.41. The van der Waals surface area contributed by atoms with E-state index in [1.165, 1.54) is 11.1 Å². The molecule has 0 atom stereocenters. The Bertz CT molecular complexity index is 1090.